The molecular weight excluding hydrogens is 460 g/mol. The van der Waals surface area contributed by atoms with Crippen LogP contribution in [0.4, 0.5) is 11.4 Å². The third-order valence-corrected chi connectivity index (χ3v) is 7.07. The number of benzene rings is 3. The minimum Gasteiger partial charge on any atom is -0.378 e. The van der Waals surface area contributed by atoms with Crippen LogP contribution in [0.2, 0.25) is 5.02 Å². The zero-order valence-corrected chi connectivity index (χ0v) is 20.1. The zero-order valence-electron chi connectivity index (χ0n) is 18.6. The van der Waals surface area contributed by atoms with Crippen molar-refractivity contribution in [2.75, 3.05) is 29.8 Å². The van der Waals surface area contributed by atoms with E-state index in [0.29, 0.717) is 5.02 Å². The Kier molecular flexibility index (Phi) is 7.73. The third-order valence-electron chi connectivity index (χ3n) is 4.87. The summed E-state index contributed by atoms with van der Waals surface area (Å²) in [5.41, 5.74) is 5.31. The fourth-order valence-electron chi connectivity index (χ4n) is 2.97. The highest BCUT2D eigenvalue weighted by atomic mass is 35.5. The average molecular weight is 485 g/mol. The number of carbonyl (C=O) groups excluding carboxylic acids is 1. The minimum atomic E-state index is -4.01. The van der Waals surface area contributed by atoms with Gasteiger partial charge in [0.2, 0.25) is 0 Å². The number of hydrazone groups is 1. The Bertz CT molecular complexity index is 1240. The lowest BCUT2D eigenvalue weighted by molar-refractivity contribution is -0.119. The molecule has 0 radical (unpaired) electrons. The molecule has 0 bridgehead atoms. The van der Waals surface area contributed by atoms with E-state index < -0.39 is 22.5 Å². The standard InChI is InChI=1S/C24H25ClN4O3S/c1-18-9-12-21(15-23(18)25)29(33(31,32)22-7-5-4-6-8-22)17-24(30)27-26-16-19-10-13-20(14-11-19)28(2)3/h4-16H,17H2,1-3H3,(H,27,30)/b26-16-. The summed E-state index contributed by atoms with van der Waals surface area (Å²) in [5, 5.41) is 4.37. The van der Waals surface area contributed by atoms with Gasteiger partial charge in [-0.05, 0) is 54.4 Å². The maximum Gasteiger partial charge on any atom is 0.264 e. The summed E-state index contributed by atoms with van der Waals surface area (Å²) in [5.74, 6) is -0.590. The highest BCUT2D eigenvalue weighted by Crippen LogP contribution is 2.27. The van der Waals surface area contributed by atoms with Crippen LogP contribution in [0.3, 0.4) is 0 Å². The van der Waals surface area contributed by atoms with Crippen LogP contribution >= 0.6 is 11.6 Å². The lowest BCUT2D eigenvalue weighted by Gasteiger charge is -2.24. The quantitative estimate of drug-likeness (QED) is 0.386. The van der Waals surface area contributed by atoms with Crippen molar-refractivity contribution >= 4 is 45.1 Å². The first kappa shape index (κ1) is 24.3. The SMILES string of the molecule is Cc1ccc(N(CC(=O)N/N=C\c2ccc(N(C)C)cc2)S(=O)(=O)c2ccccc2)cc1Cl. The molecule has 172 valence electrons. The van der Waals surface area contributed by atoms with E-state index >= 15 is 0 Å². The smallest absolute Gasteiger partial charge is 0.264 e. The second-order valence-corrected chi connectivity index (χ2v) is 9.81. The van der Waals surface area contributed by atoms with Crippen molar-refractivity contribution in [3.63, 3.8) is 0 Å². The van der Waals surface area contributed by atoms with Crippen molar-refractivity contribution in [1.29, 1.82) is 0 Å². The van der Waals surface area contributed by atoms with E-state index in [9.17, 15) is 13.2 Å². The number of nitrogens with one attached hydrogen (secondary N) is 1. The Hall–Kier alpha value is -3.36. The minimum absolute atomic E-state index is 0.0685. The molecule has 9 heteroatoms. The maximum atomic E-state index is 13.3. The molecule has 1 N–H and O–H groups in total. The molecule has 1 amide bonds. The second kappa shape index (κ2) is 10.5. The number of halogens is 1. The van der Waals surface area contributed by atoms with Gasteiger partial charge < -0.3 is 4.90 Å². The summed E-state index contributed by atoms with van der Waals surface area (Å²) in [4.78, 5) is 14.7. The van der Waals surface area contributed by atoms with E-state index in [4.69, 9.17) is 11.6 Å². The lowest BCUT2D eigenvalue weighted by atomic mass is 10.2. The van der Waals surface area contributed by atoms with Gasteiger partial charge in [-0.1, -0.05) is 48.0 Å². The molecule has 0 aliphatic heterocycles. The molecule has 0 fully saturated rings. The molecule has 0 aromatic heterocycles. The van der Waals surface area contributed by atoms with Gasteiger partial charge >= 0.3 is 0 Å². The molecule has 33 heavy (non-hydrogen) atoms. The molecule has 0 atom stereocenters. The van der Waals surface area contributed by atoms with Gasteiger partial charge in [0.05, 0.1) is 16.8 Å². The van der Waals surface area contributed by atoms with Crippen LogP contribution in [-0.2, 0) is 14.8 Å². The average Bonchev–Trinajstić information content (AvgIpc) is 2.80. The summed E-state index contributed by atoms with van der Waals surface area (Å²) < 4.78 is 27.6. The lowest BCUT2D eigenvalue weighted by Crippen LogP contribution is -2.39. The van der Waals surface area contributed by atoms with Gasteiger partial charge in [0.15, 0.2) is 0 Å². The first-order valence-corrected chi connectivity index (χ1v) is 11.9. The zero-order chi connectivity index (χ0) is 24.0. The van der Waals surface area contributed by atoms with Gasteiger partial charge in [-0.15, -0.1) is 0 Å². The van der Waals surface area contributed by atoms with Crippen LogP contribution in [0.25, 0.3) is 0 Å². The fraction of sp³-hybridized carbons (Fsp3) is 0.167. The number of aryl methyl sites for hydroxylation is 1. The number of hydrogen-bond donors (Lipinski definition) is 1. The summed E-state index contributed by atoms with van der Waals surface area (Å²) in [6.07, 6.45) is 1.50. The first-order chi connectivity index (χ1) is 15.7. The van der Waals surface area contributed by atoms with Gasteiger partial charge in [0, 0.05) is 24.8 Å². The van der Waals surface area contributed by atoms with Crippen molar-refractivity contribution in [2.45, 2.75) is 11.8 Å². The molecule has 3 aromatic carbocycles. The molecule has 0 aliphatic rings. The number of hydrogen-bond acceptors (Lipinski definition) is 5. The largest absolute Gasteiger partial charge is 0.378 e. The molecule has 3 rings (SSSR count). The van der Waals surface area contributed by atoms with Crippen molar-refractivity contribution in [2.24, 2.45) is 5.10 Å². The van der Waals surface area contributed by atoms with Crippen molar-refractivity contribution in [3.8, 4) is 0 Å². The van der Waals surface area contributed by atoms with Crippen molar-refractivity contribution in [3.05, 3.63) is 88.9 Å². The van der Waals surface area contributed by atoms with Crippen molar-refractivity contribution in [1.82, 2.24) is 5.43 Å². The Morgan fingerprint density at radius 3 is 2.24 bits per heavy atom. The van der Waals surface area contributed by atoms with Crippen LogP contribution in [0.1, 0.15) is 11.1 Å². The molecule has 0 heterocycles. The Morgan fingerprint density at radius 1 is 1.00 bits per heavy atom. The van der Waals surface area contributed by atoms with E-state index in [1.54, 1.807) is 30.3 Å². The van der Waals surface area contributed by atoms with Gasteiger partial charge in [-0.25, -0.2) is 13.8 Å². The molecule has 0 saturated carbocycles. The predicted octanol–water partition coefficient (Wildman–Crippen LogP) is 4.06. The number of carbonyl (C=O) groups is 1. The van der Waals surface area contributed by atoms with Crippen LogP contribution in [-0.4, -0.2) is 41.2 Å². The van der Waals surface area contributed by atoms with Crippen LogP contribution in [0.5, 0.6) is 0 Å². The fourth-order valence-corrected chi connectivity index (χ4v) is 4.58. The predicted molar refractivity (Wildman–Crippen MR) is 134 cm³/mol. The summed E-state index contributed by atoms with van der Waals surface area (Å²) >= 11 is 6.22. The number of sulfonamides is 1. The number of rotatable bonds is 8. The number of anilines is 2. The van der Waals surface area contributed by atoms with E-state index in [0.717, 1.165) is 21.1 Å². The van der Waals surface area contributed by atoms with E-state index in [1.165, 1.54) is 24.4 Å². The van der Waals surface area contributed by atoms with E-state index in [2.05, 4.69) is 10.5 Å². The maximum absolute atomic E-state index is 13.3. The first-order valence-electron chi connectivity index (χ1n) is 10.1. The number of nitrogens with zero attached hydrogens (tertiary/aromatic N) is 3. The Labute approximate surface area is 199 Å². The molecule has 0 saturated heterocycles. The van der Waals surface area contributed by atoms with Crippen LogP contribution in [0.15, 0.2) is 82.8 Å². The van der Waals surface area contributed by atoms with Gasteiger partial charge in [-0.2, -0.15) is 5.10 Å². The second-order valence-electron chi connectivity index (χ2n) is 7.54. The number of amides is 1. The van der Waals surface area contributed by atoms with Gasteiger partial charge in [-0.3, -0.25) is 9.10 Å². The van der Waals surface area contributed by atoms with Crippen LogP contribution < -0.4 is 14.6 Å². The topological polar surface area (TPSA) is 82.1 Å². The molecule has 7 nitrogen and oxygen atoms in total. The Balaban J connectivity index is 1.81. The van der Waals surface area contributed by atoms with E-state index in [1.807, 2.05) is 50.2 Å². The van der Waals surface area contributed by atoms with Gasteiger partial charge in [0.25, 0.3) is 15.9 Å². The Morgan fingerprint density at radius 2 is 1.64 bits per heavy atom. The molecule has 0 aliphatic carbocycles. The van der Waals surface area contributed by atoms with Crippen LogP contribution in [0, 0.1) is 6.92 Å². The molecular formula is C24H25ClN4O3S. The van der Waals surface area contributed by atoms with Crippen molar-refractivity contribution < 1.29 is 13.2 Å². The summed E-state index contributed by atoms with van der Waals surface area (Å²) in [7, 11) is -0.123. The van der Waals surface area contributed by atoms with Gasteiger partial charge in [0.1, 0.15) is 6.54 Å². The summed E-state index contributed by atoms with van der Waals surface area (Å²) in [6.45, 7) is 1.35. The molecule has 3 aromatic rings. The highest BCUT2D eigenvalue weighted by Gasteiger charge is 2.27. The molecule has 0 unspecified atom stereocenters. The monoisotopic (exact) mass is 484 g/mol. The summed E-state index contributed by atoms with van der Waals surface area (Å²) in [6, 6.07) is 20.4. The highest BCUT2D eigenvalue weighted by molar-refractivity contribution is 7.92. The van der Waals surface area contributed by atoms with E-state index in [-0.39, 0.29) is 10.6 Å². The third kappa shape index (κ3) is 6.12. The normalized spacial score (nSPS) is 11.4. The molecule has 0 spiro atoms.